The van der Waals surface area contributed by atoms with E-state index < -0.39 is 0 Å². The number of fused-ring (bicyclic) bond motifs is 2. The monoisotopic (exact) mass is 222 g/mol. The third kappa shape index (κ3) is 1.19. The second-order valence-electron chi connectivity index (χ2n) is 3.77. The van der Waals surface area contributed by atoms with Crippen LogP contribution in [-0.2, 0) is 0 Å². The Morgan fingerprint density at radius 2 is 2.06 bits per heavy atom. The molecular weight excluding hydrogens is 216 g/mol. The van der Waals surface area contributed by atoms with E-state index in [0.29, 0.717) is 11.6 Å². The largest absolute Gasteiger partial charge is 0.461 e. The van der Waals surface area contributed by atoms with Crippen LogP contribution in [0.3, 0.4) is 0 Å². The van der Waals surface area contributed by atoms with Crippen LogP contribution in [0.2, 0.25) is 0 Å². The number of rotatable bonds is 1. The van der Waals surface area contributed by atoms with Crippen molar-refractivity contribution in [3.8, 4) is 0 Å². The van der Waals surface area contributed by atoms with Crippen molar-refractivity contribution in [1.29, 1.82) is 0 Å². The molecule has 80 valence electrons. The van der Waals surface area contributed by atoms with Crippen molar-refractivity contribution in [2.45, 2.75) is 0 Å². The number of benzene rings is 1. The predicted octanol–water partition coefficient (Wildman–Crippen LogP) is 1.83. The molecule has 0 spiro atoms. The summed E-state index contributed by atoms with van der Waals surface area (Å²) in [7, 11) is 0. The molecule has 0 unspecified atom stereocenters. The minimum Gasteiger partial charge on any atom is -0.461 e. The molecule has 1 aromatic carbocycles. The van der Waals surface area contributed by atoms with E-state index in [1.165, 1.54) is 0 Å². The van der Waals surface area contributed by atoms with Crippen molar-refractivity contribution in [2.75, 3.05) is 0 Å². The van der Waals surface area contributed by atoms with Gasteiger partial charge in [-0.1, -0.05) is 0 Å². The summed E-state index contributed by atoms with van der Waals surface area (Å²) < 4.78 is 5.28. The molecule has 2 aromatic rings. The zero-order valence-corrected chi connectivity index (χ0v) is 8.66. The maximum atomic E-state index is 5.28. The molecule has 5 nitrogen and oxygen atoms in total. The van der Waals surface area contributed by atoms with E-state index in [4.69, 9.17) is 4.42 Å². The van der Waals surface area contributed by atoms with Crippen LogP contribution in [0.5, 0.6) is 0 Å². The molecule has 1 aromatic heterocycles. The Labute approximate surface area is 95.5 Å². The summed E-state index contributed by atoms with van der Waals surface area (Å²) in [4.78, 5) is 8.84. The van der Waals surface area contributed by atoms with Crippen LogP contribution in [-0.4, -0.2) is 5.84 Å². The third-order valence-corrected chi connectivity index (χ3v) is 2.68. The molecule has 0 amide bonds. The Balaban J connectivity index is 1.93. The minimum absolute atomic E-state index is 0.602. The van der Waals surface area contributed by atoms with E-state index in [1.54, 1.807) is 12.5 Å². The van der Waals surface area contributed by atoms with Gasteiger partial charge >= 0.3 is 0 Å². The molecule has 0 saturated heterocycles. The summed E-state index contributed by atoms with van der Waals surface area (Å²) in [6.45, 7) is 0. The van der Waals surface area contributed by atoms with E-state index in [9.17, 15) is 0 Å². The van der Waals surface area contributed by atoms with E-state index in [-0.39, 0.29) is 0 Å². The zero-order chi connectivity index (χ0) is 11.2. The second-order valence-corrected chi connectivity index (χ2v) is 3.77. The van der Waals surface area contributed by atoms with Gasteiger partial charge in [0.1, 0.15) is 0 Å². The Kier molecular flexibility index (Phi) is 1.50. The van der Waals surface area contributed by atoms with Gasteiger partial charge in [0.05, 0.1) is 29.2 Å². The van der Waals surface area contributed by atoms with Crippen LogP contribution in [0.25, 0.3) is 6.20 Å². The quantitative estimate of drug-likeness (QED) is 0.725. The highest BCUT2D eigenvalue weighted by Gasteiger charge is 2.14. The fourth-order valence-electron chi connectivity index (χ4n) is 1.87. The molecule has 0 atom stereocenters. The molecule has 5 heteroatoms. The van der Waals surface area contributed by atoms with Gasteiger partial charge in [0, 0.05) is 5.22 Å². The summed E-state index contributed by atoms with van der Waals surface area (Å²) in [6, 6.07) is 7.48. The molecule has 0 N–H and O–H groups in total. The second kappa shape index (κ2) is 2.98. The van der Waals surface area contributed by atoms with Crippen molar-refractivity contribution in [3.05, 3.63) is 46.9 Å². The van der Waals surface area contributed by atoms with Crippen LogP contribution in [0.1, 0.15) is 5.76 Å². The lowest BCUT2D eigenvalue weighted by Crippen LogP contribution is -2.06. The molecule has 4 rings (SSSR count). The number of furan rings is 1. The van der Waals surface area contributed by atoms with Gasteiger partial charge in [0.25, 0.3) is 0 Å². The van der Waals surface area contributed by atoms with Gasteiger partial charge < -0.3 is 4.42 Å². The maximum Gasteiger partial charge on any atom is 0.196 e. The molecule has 0 fully saturated rings. The highest BCUT2D eigenvalue weighted by Crippen LogP contribution is 2.18. The summed E-state index contributed by atoms with van der Waals surface area (Å²) in [5, 5.41) is 9.64. The summed E-state index contributed by atoms with van der Waals surface area (Å²) in [5.74, 6) is 1.28. The minimum atomic E-state index is 0.602. The highest BCUT2D eigenvalue weighted by molar-refractivity contribution is 6.00. The van der Waals surface area contributed by atoms with Crippen LogP contribution >= 0.6 is 0 Å². The van der Waals surface area contributed by atoms with Crippen molar-refractivity contribution in [2.24, 2.45) is 20.2 Å². The van der Waals surface area contributed by atoms with Gasteiger partial charge in [-0.15, -0.1) is 0 Å². The van der Waals surface area contributed by atoms with Gasteiger partial charge in [0.2, 0.25) is 0 Å². The first-order valence-corrected chi connectivity index (χ1v) is 5.16. The summed E-state index contributed by atoms with van der Waals surface area (Å²) >= 11 is 0. The van der Waals surface area contributed by atoms with E-state index in [0.717, 1.165) is 22.0 Å². The fraction of sp³-hybridized carbons (Fsp3) is 0. The van der Waals surface area contributed by atoms with Gasteiger partial charge in [-0.25, -0.2) is 9.98 Å². The Morgan fingerprint density at radius 3 is 2.94 bits per heavy atom. The molecule has 0 radical (unpaired) electrons. The van der Waals surface area contributed by atoms with E-state index >= 15 is 0 Å². The smallest absolute Gasteiger partial charge is 0.196 e. The number of hydrogen-bond donors (Lipinski definition) is 0. The number of nitrogens with zero attached hydrogens (tertiary/aromatic N) is 4. The van der Waals surface area contributed by atoms with Gasteiger partial charge in [0.15, 0.2) is 11.6 Å². The third-order valence-electron chi connectivity index (χ3n) is 2.68. The van der Waals surface area contributed by atoms with Crippen LogP contribution in [0, 0.1) is 0 Å². The lowest BCUT2D eigenvalue weighted by molar-refractivity contribution is 0.557. The Hall–Kier alpha value is -2.56. The van der Waals surface area contributed by atoms with Gasteiger partial charge in [-0.3, -0.25) is 0 Å². The van der Waals surface area contributed by atoms with Crippen molar-refractivity contribution < 1.29 is 4.42 Å². The molecule has 0 bridgehead atoms. The normalized spacial score (nSPS) is 14.9. The summed E-state index contributed by atoms with van der Waals surface area (Å²) in [5.41, 5.74) is 1.67. The SMILES string of the molecule is C1=c2cc3c(cc2N=N1)=NC(c1ccco1)=N3. The number of aliphatic imine (C=N–C) groups is 1. The average molecular weight is 222 g/mol. The highest BCUT2D eigenvalue weighted by atomic mass is 16.3. The maximum absolute atomic E-state index is 5.28. The molecule has 17 heavy (non-hydrogen) atoms. The Bertz CT molecular complexity index is 785. The molecule has 2 aliphatic heterocycles. The number of hydrogen-bond acceptors (Lipinski definition) is 5. The van der Waals surface area contributed by atoms with Crippen molar-refractivity contribution in [3.63, 3.8) is 0 Å². The van der Waals surface area contributed by atoms with E-state index in [1.807, 2.05) is 24.3 Å². The van der Waals surface area contributed by atoms with Gasteiger partial charge in [-0.05, 0) is 24.3 Å². The lowest BCUT2D eigenvalue weighted by Gasteiger charge is -1.90. The Morgan fingerprint density at radius 1 is 1.06 bits per heavy atom. The van der Waals surface area contributed by atoms with Crippen molar-refractivity contribution in [1.82, 2.24) is 0 Å². The molecule has 0 aliphatic carbocycles. The van der Waals surface area contributed by atoms with Crippen LogP contribution < -0.4 is 10.6 Å². The first-order valence-electron chi connectivity index (χ1n) is 5.16. The van der Waals surface area contributed by atoms with E-state index in [2.05, 4.69) is 20.2 Å². The molecule has 3 heterocycles. The molecule has 0 saturated carbocycles. The summed E-state index contributed by atoms with van der Waals surface area (Å²) in [6.07, 6.45) is 3.33. The van der Waals surface area contributed by atoms with Gasteiger partial charge in [-0.2, -0.15) is 10.2 Å². The molecule has 2 aliphatic rings. The van der Waals surface area contributed by atoms with Crippen LogP contribution in [0.15, 0.2) is 55.2 Å². The first-order chi connectivity index (χ1) is 8.40. The number of azo groups is 1. The average Bonchev–Trinajstić information content (AvgIpc) is 3.05. The number of amidine groups is 1. The van der Waals surface area contributed by atoms with Crippen LogP contribution in [0.4, 0.5) is 11.4 Å². The zero-order valence-electron chi connectivity index (χ0n) is 8.66. The predicted molar refractivity (Wildman–Crippen MR) is 61.1 cm³/mol. The standard InChI is InChI=1S/C12H6N4O/c1-2-11(17-3-1)12-14-9-4-7-6-13-16-8(7)5-10(9)15-12/h1-6H. The van der Waals surface area contributed by atoms with Crippen molar-refractivity contribution >= 4 is 23.4 Å². The first kappa shape index (κ1) is 8.58. The lowest BCUT2D eigenvalue weighted by atomic mass is 10.2. The topological polar surface area (TPSA) is 62.6 Å². The fourth-order valence-corrected chi connectivity index (χ4v) is 1.87. The molecular formula is C12H6N4O.